The van der Waals surface area contributed by atoms with Gasteiger partial charge in [0.05, 0.1) is 6.04 Å². The minimum Gasteiger partial charge on any atom is -0.454 e. The van der Waals surface area contributed by atoms with Gasteiger partial charge in [-0.3, -0.25) is 29.9 Å². The number of carbonyl (C=O) groups excluding carboxylic acids is 4. The summed E-state index contributed by atoms with van der Waals surface area (Å²) < 4.78 is 10.9. The second-order valence-corrected chi connectivity index (χ2v) is 9.54. The lowest BCUT2D eigenvalue weighted by Crippen LogP contribution is -2.74. The zero-order valence-corrected chi connectivity index (χ0v) is 19.6. The van der Waals surface area contributed by atoms with E-state index < -0.39 is 29.3 Å². The van der Waals surface area contributed by atoms with Gasteiger partial charge < -0.3 is 19.7 Å². The summed E-state index contributed by atoms with van der Waals surface area (Å²) in [4.78, 5) is 54.6. The van der Waals surface area contributed by atoms with E-state index in [1.54, 1.807) is 6.07 Å². The van der Waals surface area contributed by atoms with Crippen LogP contribution in [0.1, 0.15) is 18.1 Å². The Bertz CT molecular complexity index is 1290. The van der Waals surface area contributed by atoms with E-state index in [1.807, 2.05) is 30.3 Å². The smallest absolute Gasteiger partial charge is 0.328 e. The topological polar surface area (TPSA) is 129 Å². The molecule has 0 aromatic heterocycles. The van der Waals surface area contributed by atoms with E-state index in [0.29, 0.717) is 43.4 Å². The van der Waals surface area contributed by atoms with Crippen molar-refractivity contribution in [1.82, 2.24) is 15.5 Å². The molecule has 1 atom stereocenters. The third-order valence-electron chi connectivity index (χ3n) is 7.32. The molecule has 3 N–H and O–H groups in total. The SMILES string of the molecule is CC(=O)Nc1ccc2c(c1)CC1(C(=O)NC(=O)NC1=O)C1CN(Cc3ccc4c(c3)OCO4)CCN21. The number of fused-ring (bicyclic) bond motifs is 5. The molecule has 2 fully saturated rings. The first-order chi connectivity index (χ1) is 17.3. The molecule has 4 aliphatic rings. The monoisotopic (exact) mass is 491 g/mol. The maximum atomic E-state index is 13.4. The molecule has 4 aliphatic heterocycles. The van der Waals surface area contributed by atoms with Crippen molar-refractivity contribution in [2.24, 2.45) is 5.41 Å². The van der Waals surface area contributed by atoms with Crippen molar-refractivity contribution in [1.29, 1.82) is 0 Å². The summed E-state index contributed by atoms with van der Waals surface area (Å²) in [7, 11) is 0. The molecule has 36 heavy (non-hydrogen) atoms. The molecule has 11 heteroatoms. The highest BCUT2D eigenvalue weighted by molar-refractivity contribution is 6.20. The molecule has 0 radical (unpaired) electrons. The van der Waals surface area contributed by atoms with Gasteiger partial charge in [0.25, 0.3) is 0 Å². The molecule has 0 aliphatic carbocycles. The number of nitrogens with zero attached hydrogens (tertiary/aromatic N) is 2. The number of ether oxygens (including phenoxy) is 2. The molecule has 4 heterocycles. The van der Waals surface area contributed by atoms with Crippen molar-refractivity contribution in [3.05, 3.63) is 47.5 Å². The predicted octanol–water partition coefficient (Wildman–Crippen LogP) is 0.973. The molecule has 6 rings (SSSR count). The second-order valence-electron chi connectivity index (χ2n) is 9.54. The van der Waals surface area contributed by atoms with Crippen molar-refractivity contribution in [2.45, 2.75) is 25.9 Å². The normalized spacial score (nSPS) is 22.0. The van der Waals surface area contributed by atoms with Gasteiger partial charge in [0.2, 0.25) is 24.5 Å². The van der Waals surface area contributed by atoms with Crippen LogP contribution in [0.3, 0.4) is 0 Å². The Hall–Kier alpha value is -4.12. The average molecular weight is 492 g/mol. The zero-order valence-electron chi connectivity index (χ0n) is 19.6. The maximum absolute atomic E-state index is 13.4. The van der Waals surface area contributed by atoms with Gasteiger partial charge in [0, 0.05) is 44.5 Å². The number of imide groups is 2. The Morgan fingerprint density at radius 1 is 1.06 bits per heavy atom. The second kappa shape index (κ2) is 8.23. The van der Waals surface area contributed by atoms with Gasteiger partial charge in [-0.2, -0.15) is 0 Å². The van der Waals surface area contributed by atoms with Crippen molar-refractivity contribution in [2.75, 3.05) is 36.6 Å². The highest BCUT2D eigenvalue weighted by atomic mass is 16.7. The zero-order chi connectivity index (χ0) is 25.0. The van der Waals surface area contributed by atoms with Crippen LogP contribution in [-0.4, -0.2) is 61.1 Å². The van der Waals surface area contributed by atoms with Crippen LogP contribution in [0.25, 0.3) is 0 Å². The van der Waals surface area contributed by atoms with Crippen molar-refractivity contribution < 1.29 is 28.7 Å². The van der Waals surface area contributed by atoms with Gasteiger partial charge in [0.1, 0.15) is 0 Å². The number of hydrogen-bond donors (Lipinski definition) is 3. The Morgan fingerprint density at radius 2 is 1.83 bits per heavy atom. The predicted molar refractivity (Wildman–Crippen MR) is 128 cm³/mol. The van der Waals surface area contributed by atoms with Crippen molar-refractivity contribution >= 4 is 35.1 Å². The Morgan fingerprint density at radius 3 is 2.61 bits per heavy atom. The van der Waals surface area contributed by atoms with Gasteiger partial charge in [-0.05, 0) is 47.9 Å². The Kier molecular flexibility index (Phi) is 5.11. The maximum Gasteiger partial charge on any atom is 0.328 e. The number of urea groups is 1. The first-order valence-electron chi connectivity index (χ1n) is 11.8. The number of piperazine rings is 1. The molecule has 2 aromatic carbocycles. The summed E-state index contributed by atoms with van der Waals surface area (Å²) in [5, 5.41) is 7.40. The molecule has 2 saturated heterocycles. The largest absolute Gasteiger partial charge is 0.454 e. The van der Waals surface area contributed by atoms with Gasteiger partial charge in [0.15, 0.2) is 16.9 Å². The summed E-state index contributed by atoms with van der Waals surface area (Å²) in [6.45, 7) is 3.95. The van der Waals surface area contributed by atoms with E-state index in [4.69, 9.17) is 9.47 Å². The van der Waals surface area contributed by atoms with Crippen LogP contribution in [0.2, 0.25) is 0 Å². The van der Waals surface area contributed by atoms with Gasteiger partial charge >= 0.3 is 6.03 Å². The lowest BCUT2D eigenvalue weighted by Gasteiger charge is -2.54. The number of nitrogens with one attached hydrogen (secondary N) is 3. The molecule has 0 saturated carbocycles. The lowest BCUT2D eigenvalue weighted by molar-refractivity contribution is -0.147. The van der Waals surface area contributed by atoms with E-state index in [-0.39, 0.29) is 19.1 Å². The molecular formula is C25H25N5O6. The van der Waals surface area contributed by atoms with Crippen LogP contribution in [-0.2, 0) is 27.3 Å². The fraction of sp³-hybridized carbons (Fsp3) is 0.360. The third-order valence-corrected chi connectivity index (χ3v) is 7.32. The lowest BCUT2D eigenvalue weighted by atomic mass is 9.68. The highest BCUT2D eigenvalue weighted by Gasteiger charge is 2.60. The van der Waals surface area contributed by atoms with Crippen LogP contribution in [0.4, 0.5) is 16.2 Å². The number of hydrogen-bond acceptors (Lipinski definition) is 8. The summed E-state index contributed by atoms with van der Waals surface area (Å²) in [5.41, 5.74) is 1.81. The van der Waals surface area contributed by atoms with Crippen LogP contribution in [0, 0.1) is 5.41 Å². The number of carbonyl (C=O) groups is 4. The van der Waals surface area contributed by atoms with E-state index in [0.717, 1.165) is 16.8 Å². The van der Waals surface area contributed by atoms with E-state index in [9.17, 15) is 19.2 Å². The van der Waals surface area contributed by atoms with Crippen LogP contribution in [0.5, 0.6) is 11.5 Å². The molecular weight excluding hydrogens is 466 g/mol. The molecule has 1 spiro atoms. The summed E-state index contributed by atoms with van der Waals surface area (Å²) in [6, 6.07) is 10.0. The number of amides is 5. The van der Waals surface area contributed by atoms with Crippen LogP contribution < -0.4 is 30.3 Å². The summed E-state index contributed by atoms with van der Waals surface area (Å²) in [5.74, 6) is -0.00766. The number of benzene rings is 2. The van der Waals surface area contributed by atoms with Gasteiger partial charge in [-0.15, -0.1) is 0 Å². The minimum atomic E-state index is -1.50. The number of anilines is 2. The molecule has 2 aromatic rings. The quantitative estimate of drug-likeness (QED) is 0.542. The number of rotatable bonds is 3. The van der Waals surface area contributed by atoms with Crippen LogP contribution >= 0.6 is 0 Å². The van der Waals surface area contributed by atoms with Crippen molar-refractivity contribution in [3.63, 3.8) is 0 Å². The Balaban J connectivity index is 1.35. The molecule has 0 bridgehead atoms. The standard InChI is InChI=1S/C25H25N5O6/c1-14(31)26-17-3-4-18-16(9-17)10-25(22(32)27-24(34)28-23(25)33)21-12-29(6-7-30(18)21)11-15-2-5-19-20(8-15)36-13-35-19/h2-5,8-9,21H,6-7,10-13H2,1H3,(H,26,31)(H2,27,28,32,33,34). The first-order valence-corrected chi connectivity index (χ1v) is 11.8. The molecule has 5 amide bonds. The minimum absolute atomic E-state index is 0.111. The van der Waals surface area contributed by atoms with Gasteiger partial charge in [-0.25, -0.2) is 4.79 Å². The van der Waals surface area contributed by atoms with Gasteiger partial charge in [-0.1, -0.05) is 6.07 Å². The fourth-order valence-electron chi connectivity index (χ4n) is 5.72. The average Bonchev–Trinajstić information content (AvgIpc) is 3.30. The molecule has 1 unspecified atom stereocenters. The van der Waals surface area contributed by atoms with E-state index >= 15 is 0 Å². The third kappa shape index (κ3) is 3.54. The first kappa shape index (κ1) is 22.4. The van der Waals surface area contributed by atoms with E-state index in [2.05, 4.69) is 25.8 Å². The number of barbiturate groups is 1. The highest BCUT2D eigenvalue weighted by Crippen LogP contribution is 2.45. The molecule has 186 valence electrons. The Labute approximate surface area is 206 Å². The molecule has 11 nitrogen and oxygen atoms in total. The fourth-order valence-corrected chi connectivity index (χ4v) is 5.72. The van der Waals surface area contributed by atoms with Crippen molar-refractivity contribution in [3.8, 4) is 11.5 Å². The summed E-state index contributed by atoms with van der Waals surface area (Å²) in [6.07, 6.45) is 0.111. The summed E-state index contributed by atoms with van der Waals surface area (Å²) >= 11 is 0. The van der Waals surface area contributed by atoms with Crippen LogP contribution in [0.15, 0.2) is 36.4 Å². The van der Waals surface area contributed by atoms with E-state index in [1.165, 1.54) is 6.92 Å².